The van der Waals surface area contributed by atoms with E-state index in [-0.39, 0.29) is 5.56 Å². The van der Waals surface area contributed by atoms with E-state index in [1.807, 2.05) is 14.0 Å². The fourth-order valence-corrected chi connectivity index (χ4v) is 3.25. The van der Waals surface area contributed by atoms with Crippen LogP contribution in [0.1, 0.15) is 35.8 Å². The van der Waals surface area contributed by atoms with Crippen molar-refractivity contribution in [1.82, 2.24) is 14.8 Å². The minimum Gasteiger partial charge on any atom is -0.478 e. The molecule has 1 unspecified atom stereocenters. The Kier molecular flexibility index (Phi) is 3.31. The molecule has 2 aromatic rings. The number of aromatic carboxylic acids is 1. The summed E-state index contributed by atoms with van der Waals surface area (Å²) in [6, 6.07) is 0. The van der Waals surface area contributed by atoms with E-state index < -0.39 is 5.97 Å². The van der Waals surface area contributed by atoms with E-state index in [2.05, 4.69) is 21.9 Å². The molecule has 6 heteroatoms. The molecule has 0 saturated carbocycles. The van der Waals surface area contributed by atoms with Gasteiger partial charge >= 0.3 is 5.97 Å². The van der Waals surface area contributed by atoms with Crippen LogP contribution in [0.4, 0.5) is 5.69 Å². The molecule has 1 aliphatic heterocycles. The van der Waals surface area contributed by atoms with Crippen LogP contribution in [0, 0.1) is 12.8 Å². The Morgan fingerprint density at radius 1 is 1.52 bits per heavy atom. The first kappa shape index (κ1) is 13.9. The second-order valence-electron chi connectivity index (χ2n) is 5.74. The minimum absolute atomic E-state index is 0.273. The van der Waals surface area contributed by atoms with Crippen molar-refractivity contribution >= 4 is 22.7 Å². The minimum atomic E-state index is -0.928. The van der Waals surface area contributed by atoms with E-state index in [1.165, 1.54) is 6.20 Å². The molecule has 1 atom stereocenters. The van der Waals surface area contributed by atoms with Gasteiger partial charge in [-0.3, -0.25) is 4.68 Å². The summed E-state index contributed by atoms with van der Waals surface area (Å²) in [4.78, 5) is 18.1. The Labute approximate surface area is 123 Å². The van der Waals surface area contributed by atoms with E-state index in [0.717, 1.165) is 48.3 Å². The van der Waals surface area contributed by atoms with E-state index in [1.54, 1.807) is 4.68 Å². The van der Waals surface area contributed by atoms with Crippen LogP contribution in [-0.2, 0) is 7.05 Å². The van der Waals surface area contributed by atoms with Gasteiger partial charge in [0.2, 0.25) is 0 Å². The van der Waals surface area contributed by atoms with Crippen LogP contribution in [0.25, 0.3) is 11.0 Å². The number of aromatic nitrogens is 3. The lowest BCUT2D eigenvalue weighted by molar-refractivity contribution is 0.0697. The molecule has 6 nitrogen and oxygen atoms in total. The maximum absolute atomic E-state index is 11.6. The Morgan fingerprint density at radius 2 is 2.29 bits per heavy atom. The van der Waals surface area contributed by atoms with E-state index >= 15 is 0 Å². The molecular formula is C15H20N4O2. The van der Waals surface area contributed by atoms with Crippen LogP contribution in [0.3, 0.4) is 0 Å². The van der Waals surface area contributed by atoms with Crippen molar-refractivity contribution in [2.45, 2.75) is 26.7 Å². The number of anilines is 1. The number of aryl methyl sites for hydroxylation is 2. The van der Waals surface area contributed by atoms with Crippen molar-refractivity contribution in [3.63, 3.8) is 0 Å². The van der Waals surface area contributed by atoms with Crippen LogP contribution in [-0.4, -0.2) is 38.9 Å². The van der Waals surface area contributed by atoms with Crippen molar-refractivity contribution in [3.8, 4) is 0 Å². The summed E-state index contributed by atoms with van der Waals surface area (Å²) < 4.78 is 1.72. The maximum Gasteiger partial charge on any atom is 0.339 e. The molecule has 0 spiro atoms. The van der Waals surface area contributed by atoms with Crippen molar-refractivity contribution < 1.29 is 9.90 Å². The number of fused-ring (bicyclic) bond motifs is 1. The Morgan fingerprint density at radius 3 is 2.90 bits per heavy atom. The van der Waals surface area contributed by atoms with Crippen LogP contribution in [0.5, 0.6) is 0 Å². The summed E-state index contributed by atoms with van der Waals surface area (Å²) in [6.45, 7) is 5.90. The molecule has 1 fully saturated rings. The molecular weight excluding hydrogens is 268 g/mol. The van der Waals surface area contributed by atoms with Crippen LogP contribution in [0.15, 0.2) is 6.20 Å². The number of pyridine rings is 1. The molecule has 1 N–H and O–H groups in total. The molecule has 1 aliphatic rings. The zero-order valence-corrected chi connectivity index (χ0v) is 12.6. The fraction of sp³-hybridized carbons (Fsp3) is 0.533. The van der Waals surface area contributed by atoms with Crippen molar-refractivity contribution in [2.75, 3.05) is 18.0 Å². The van der Waals surface area contributed by atoms with E-state index in [9.17, 15) is 9.90 Å². The van der Waals surface area contributed by atoms with Crippen molar-refractivity contribution in [3.05, 3.63) is 17.5 Å². The first-order valence-corrected chi connectivity index (χ1v) is 7.33. The summed E-state index contributed by atoms with van der Waals surface area (Å²) in [7, 11) is 1.84. The second-order valence-corrected chi connectivity index (χ2v) is 5.74. The third-order valence-corrected chi connectivity index (χ3v) is 4.41. The predicted molar refractivity (Wildman–Crippen MR) is 80.8 cm³/mol. The van der Waals surface area contributed by atoms with Gasteiger partial charge in [0.25, 0.3) is 0 Å². The number of carbonyl (C=O) groups is 1. The highest BCUT2D eigenvalue weighted by molar-refractivity contribution is 6.04. The van der Waals surface area contributed by atoms with Gasteiger partial charge in [-0.25, -0.2) is 9.78 Å². The maximum atomic E-state index is 11.6. The summed E-state index contributed by atoms with van der Waals surface area (Å²) in [6.07, 6.45) is 3.69. The molecule has 0 amide bonds. The number of rotatable bonds is 3. The highest BCUT2D eigenvalue weighted by Gasteiger charge is 2.28. The average molecular weight is 288 g/mol. The molecule has 3 heterocycles. The van der Waals surface area contributed by atoms with Gasteiger partial charge < -0.3 is 10.0 Å². The lowest BCUT2D eigenvalue weighted by atomic mass is 10.1. The van der Waals surface area contributed by atoms with Gasteiger partial charge in [-0.2, -0.15) is 5.10 Å². The number of nitrogens with zero attached hydrogens (tertiary/aromatic N) is 4. The highest BCUT2D eigenvalue weighted by atomic mass is 16.4. The van der Waals surface area contributed by atoms with Crippen LogP contribution in [0.2, 0.25) is 0 Å². The number of hydrogen-bond donors (Lipinski definition) is 1. The lowest BCUT2D eigenvalue weighted by Gasteiger charge is -2.21. The zero-order chi connectivity index (χ0) is 15.1. The third-order valence-electron chi connectivity index (χ3n) is 4.41. The van der Waals surface area contributed by atoms with Gasteiger partial charge in [-0.15, -0.1) is 0 Å². The number of carboxylic acid groups (broad SMARTS) is 1. The third kappa shape index (κ3) is 2.14. The first-order chi connectivity index (χ1) is 10.0. The van der Waals surface area contributed by atoms with Gasteiger partial charge in [-0.05, 0) is 19.3 Å². The molecule has 0 aromatic carbocycles. The van der Waals surface area contributed by atoms with Gasteiger partial charge in [0.05, 0.1) is 16.8 Å². The monoisotopic (exact) mass is 288 g/mol. The largest absolute Gasteiger partial charge is 0.478 e. The molecule has 1 saturated heterocycles. The molecule has 0 bridgehead atoms. The number of carboxylic acids is 1. The van der Waals surface area contributed by atoms with Crippen molar-refractivity contribution in [1.29, 1.82) is 0 Å². The van der Waals surface area contributed by atoms with Crippen LogP contribution < -0.4 is 4.90 Å². The topological polar surface area (TPSA) is 71.2 Å². The van der Waals surface area contributed by atoms with Gasteiger partial charge in [0.15, 0.2) is 5.65 Å². The molecule has 2 aromatic heterocycles. The summed E-state index contributed by atoms with van der Waals surface area (Å²) in [5.74, 6) is -0.297. The summed E-state index contributed by atoms with van der Waals surface area (Å²) >= 11 is 0. The standard InChI is InChI=1S/C15H20N4O2/c1-4-10-5-6-19(8-10)13-11(15(20)21)7-16-14-12(13)9(2)17-18(14)3/h7,10H,4-6,8H2,1-3H3,(H,20,21). The predicted octanol–water partition coefficient (Wildman–Crippen LogP) is 2.21. The zero-order valence-electron chi connectivity index (χ0n) is 12.6. The quantitative estimate of drug-likeness (QED) is 0.937. The van der Waals surface area contributed by atoms with Gasteiger partial charge in [-0.1, -0.05) is 13.3 Å². The first-order valence-electron chi connectivity index (χ1n) is 7.33. The normalized spacial score (nSPS) is 18.6. The second kappa shape index (κ2) is 5.02. The Bertz CT molecular complexity index is 707. The van der Waals surface area contributed by atoms with Crippen molar-refractivity contribution in [2.24, 2.45) is 13.0 Å². The fourth-order valence-electron chi connectivity index (χ4n) is 3.25. The smallest absolute Gasteiger partial charge is 0.339 e. The highest BCUT2D eigenvalue weighted by Crippen LogP contribution is 2.35. The van der Waals surface area contributed by atoms with Crippen LogP contribution >= 0.6 is 0 Å². The van der Waals surface area contributed by atoms with E-state index in [4.69, 9.17) is 0 Å². The number of hydrogen-bond acceptors (Lipinski definition) is 4. The molecule has 21 heavy (non-hydrogen) atoms. The van der Waals surface area contributed by atoms with Gasteiger partial charge in [0, 0.05) is 26.3 Å². The Balaban J connectivity index is 2.22. The molecule has 0 aliphatic carbocycles. The summed E-state index contributed by atoms with van der Waals surface area (Å²) in [5, 5.41) is 14.8. The SMILES string of the molecule is CCC1CCN(c2c(C(=O)O)cnc3c2c(C)nn3C)C1. The summed E-state index contributed by atoms with van der Waals surface area (Å²) in [5.41, 5.74) is 2.63. The van der Waals surface area contributed by atoms with E-state index in [0.29, 0.717) is 5.92 Å². The lowest BCUT2D eigenvalue weighted by Crippen LogP contribution is -2.23. The Hall–Kier alpha value is -2.11. The molecule has 112 valence electrons. The molecule has 0 radical (unpaired) electrons. The van der Waals surface area contributed by atoms with Gasteiger partial charge in [0.1, 0.15) is 5.56 Å². The molecule has 3 rings (SSSR count). The average Bonchev–Trinajstić information content (AvgIpc) is 3.03.